The second kappa shape index (κ2) is 18.6. The van der Waals surface area contributed by atoms with Gasteiger partial charge in [-0.3, -0.25) is 29.8 Å². The highest BCUT2D eigenvalue weighted by Gasteiger charge is 2.45. The molecule has 0 aliphatic carbocycles. The van der Waals surface area contributed by atoms with E-state index < -0.39 is 25.6 Å². The van der Waals surface area contributed by atoms with Crippen molar-refractivity contribution in [3.05, 3.63) is 82.2 Å². The van der Waals surface area contributed by atoms with Crippen LogP contribution in [-0.2, 0) is 4.57 Å². The number of aryl methyl sites for hydroxylation is 1. The summed E-state index contributed by atoms with van der Waals surface area (Å²) in [6, 6.07) is 13.3. The zero-order valence-electron chi connectivity index (χ0n) is 38.9. The van der Waals surface area contributed by atoms with Crippen molar-refractivity contribution < 1.29 is 29.1 Å². The predicted octanol–water partition coefficient (Wildman–Crippen LogP) is 6.57. The maximum Gasteiger partial charge on any atom is 0.262 e. The number of nitrogens with zero attached hydrogens (tertiary/aromatic N) is 8. The van der Waals surface area contributed by atoms with Crippen LogP contribution in [0.2, 0.25) is 0 Å². The van der Waals surface area contributed by atoms with Gasteiger partial charge in [0.2, 0.25) is 5.95 Å². The molecule has 0 saturated carbocycles. The fourth-order valence-corrected chi connectivity index (χ4v) is 12.9. The number of aliphatic hydroxyl groups is 2. The molecule has 0 radical (unpaired) electrons. The van der Waals surface area contributed by atoms with E-state index in [1.54, 1.807) is 45.1 Å². The third-order valence-corrected chi connectivity index (χ3v) is 17.1. The smallest absolute Gasteiger partial charge is 0.262 e. The van der Waals surface area contributed by atoms with Crippen molar-refractivity contribution in [2.45, 2.75) is 82.8 Å². The van der Waals surface area contributed by atoms with E-state index in [1.807, 2.05) is 24.3 Å². The maximum atomic E-state index is 13.5. The number of fused-ring (bicyclic) bond motifs is 2. The number of carbonyl (C=O) groups excluding carboxylic acids is 2. The van der Waals surface area contributed by atoms with E-state index in [1.165, 1.54) is 23.4 Å². The van der Waals surface area contributed by atoms with Gasteiger partial charge in [-0.05, 0) is 148 Å². The largest absolute Gasteiger partial charge is 0.494 e. The Morgan fingerprint density at radius 2 is 1.54 bits per heavy atom. The van der Waals surface area contributed by atoms with E-state index in [-0.39, 0.29) is 11.8 Å². The van der Waals surface area contributed by atoms with Crippen LogP contribution in [0.1, 0.15) is 77.6 Å². The molecule has 5 aliphatic heterocycles. The Morgan fingerprint density at radius 1 is 0.824 bits per heavy atom. The molecule has 17 nitrogen and oxygen atoms in total. The van der Waals surface area contributed by atoms with Crippen LogP contribution in [0.3, 0.4) is 0 Å². The molecule has 4 fully saturated rings. The number of piperidine rings is 4. The molecule has 2 aromatic heterocycles. The summed E-state index contributed by atoms with van der Waals surface area (Å²) >= 11 is 3.60. The first-order chi connectivity index (χ1) is 32.7. The fourth-order valence-electron chi connectivity index (χ4n) is 11.2. The van der Waals surface area contributed by atoms with Crippen LogP contribution in [0.15, 0.2) is 65.5 Å². The number of imide groups is 1. The van der Waals surface area contributed by atoms with Crippen molar-refractivity contribution in [1.29, 1.82) is 0 Å². The van der Waals surface area contributed by atoms with Gasteiger partial charge in [-0.2, -0.15) is 4.98 Å². The molecule has 358 valence electrons. The number of carbonyl (C=O) groups is 2. The van der Waals surface area contributed by atoms with Crippen LogP contribution in [0, 0.1) is 12.3 Å². The second-order valence-corrected chi connectivity index (χ2v) is 23.4. The number of methoxy groups -OCH3 is 1. The number of rotatable bonds is 10. The van der Waals surface area contributed by atoms with Crippen LogP contribution in [-0.4, -0.2) is 136 Å². The topological polar surface area (TPSA) is 202 Å². The van der Waals surface area contributed by atoms with Crippen molar-refractivity contribution in [3.63, 3.8) is 0 Å². The fraction of sp³-hybridized carbons (Fsp3) is 0.469. The molecule has 19 heteroatoms. The number of hydrogen-bond acceptors (Lipinski definition) is 16. The van der Waals surface area contributed by atoms with E-state index in [9.17, 15) is 24.4 Å². The lowest BCUT2D eigenvalue weighted by atomic mass is 9.70. The molecule has 10 rings (SSSR count). The van der Waals surface area contributed by atoms with Gasteiger partial charge in [0.05, 0.1) is 50.9 Å². The number of anilines is 6. The highest BCUT2D eigenvalue weighted by molar-refractivity contribution is 9.10. The van der Waals surface area contributed by atoms with Gasteiger partial charge in [-0.15, -0.1) is 0 Å². The first kappa shape index (κ1) is 46.5. The summed E-state index contributed by atoms with van der Waals surface area (Å²) in [5.74, 6) is 0.801. The van der Waals surface area contributed by atoms with Gasteiger partial charge in [0.1, 0.15) is 36.7 Å². The summed E-state index contributed by atoms with van der Waals surface area (Å²) in [6.07, 6.45) is 10.4. The Balaban J connectivity index is 0.733. The standard InChI is InChI=1S/C49H59BrN11O6P/c1-29-25-37(55-48-53-28-34(50)44(57-48)54-36-8-7-35-42(52-18-17-51-35)43(36)68(3,4)66)40(67-2)27-39(29)60-23-15-49(16-24-60)13-21-59(22-14-49)30-11-19-58(20-12-30)31-5-6-32-33(26-31)47(65)61(46(32)64)38-9-10-41(62)56-45(38)63/h5-8,17-18,25-28,30,38,41,45,56,62-63H,9-16,19-24H2,1-4H3,(H2,53,54,55,57). The van der Waals surface area contributed by atoms with Crippen LogP contribution < -0.4 is 35.8 Å². The molecule has 3 atom stereocenters. The molecule has 3 aromatic carbocycles. The van der Waals surface area contributed by atoms with Crippen molar-refractivity contribution in [2.24, 2.45) is 5.41 Å². The summed E-state index contributed by atoms with van der Waals surface area (Å²) in [7, 11) is -1.10. The van der Waals surface area contributed by atoms with E-state index in [2.05, 4.69) is 80.6 Å². The van der Waals surface area contributed by atoms with Gasteiger partial charge in [0, 0.05) is 68.3 Å². The number of amides is 2. The quantitative estimate of drug-likeness (QED) is 0.0742. The Morgan fingerprint density at radius 3 is 2.26 bits per heavy atom. The Labute approximate surface area is 404 Å². The molecular formula is C49H59BrN11O6P. The van der Waals surface area contributed by atoms with Crippen molar-refractivity contribution in [1.82, 2.24) is 35.1 Å². The number of aliphatic hydroxyl groups excluding tert-OH is 2. The molecule has 5 N–H and O–H groups in total. The summed E-state index contributed by atoms with van der Waals surface area (Å²) in [5, 5.41) is 30.4. The Hall–Kier alpha value is -5.23. The van der Waals surface area contributed by atoms with Crippen molar-refractivity contribution in [2.75, 3.05) is 80.1 Å². The Bertz CT molecular complexity index is 2800. The average Bonchev–Trinajstić information content (AvgIpc) is 3.57. The van der Waals surface area contributed by atoms with Crippen molar-refractivity contribution >= 4 is 85.7 Å². The van der Waals surface area contributed by atoms with Gasteiger partial charge >= 0.3 is 0 Å². The Kier molecular flexibility index (Phi) is 12.7. The summed E-state index contributed by atoms with van der Waals surface area (Å²) in [6.45, 7) is 11.5. The summed E-state index contributed by atoms with van der Waals surface area (Å²) < 4.78 is 20.1. The van der Waals surface area contributed by atoms with Crippen molar-refractivity contribution in [3.8, 4) is 5.75 Å². The molecule has 5 aliphatic rings. The molecule has 5 aromatic rings. The van der Waals surface area contributed by atoms with Gasteiger partial charge in [0.25, 0.3) is 11.8 Å². The molecule has 7 heterocycles. The third kappa shape index (κ3) is 8.95. The minimum Gasteiger partial charge on any atom is -0.494 e. The second-order valence-electron chi connectivity index (χ2n) is 19.4. The maximum absolute atomic E-state index is 13.5. The number of aromatic nitrogens is 4. The van der Waals surface area contributed by atoms with E-state index in [4.69, 9.17) is 9.72 Å². The van der Waals surface area contributed by atoms with Crippen LogP contribution in [0.25, 0.3) is 11.0 Å². The molecule has 1 spiro atoms. The van der Waals surface area contributed by atoms with Gasteiger partial charge < -0.3 is 44.8 Å². The van der Waals surface area contributed by atoms with Crippen LogP contribution in [0.4, 0.5) is 34.5 Å². The molecule has 0 bridgehead atoms. The number of benzene rings is 3. The summed E-state index contributed by atoms with van der Waals surface area (Å²) in [5.41, 5.74) is 7.00. The number of halogens is 1. The first-order valence-corrected chi connectivity index (χ1v) is 27.0. The number of nitrogens with one attached hydrogen (secondary N) is 3. The van der Waals surface area contributed by atoms with Gasteiger partial charge in [0.15, 0.2) is 0 Å². The zero-order chi connectivity index (χ0) is 47.5. The highest BCUT2D eigenvalue weighted by atomic mass is 79.9. The van der Waals surface area contributed by atoms with E-state index in [0.717, 1.165) is 81.9 Å². The van der Waals surface area contributed by atoms with Gasteiger partial charge in [-0.25, -0.2) is 4.98 Å². The minimum absolute atomic E-state index is 0.339. The first-order valence-electron chi connectivity index (χ1n) is 23.6. The lowest BCUT2D eigenvalue weighted by Gasteiger charge is -2.50. The highest BCUT2D eigenvalue weighted by Crippen LogP contribution is 2.46. The third-order valence-electron chi connectivity index (χ3n) is 15.0. The predicted molar refractivity (Wildman–Crippen MR) is 268 cm³/mol. The molecule has 68 heavy (non-hydrogen) atoms. The molecule has 4 saturated heterocycles. The lowest BCUT2D eigenvalue weighted by Crippen LogP contribution is -2.58. The zero-order valence-corrected chi connectivity index (χ0v) is 41.4. The van der Waals surface area contributed by atoms with E-state index >= 15 is 0 Å². The average molecular weight is 1010 g/mol. The number of hydrogen-bond donors (Lipinski definition) is 5. The normalized spacial score (nSPS) is 22.5. The molecule has 3 unspecified atom stereocenters. The minimum atomic E-state index is -2.78. The number of ether oxygens (including phenoxy) is 1. The molecular weight excluding hydrogens is 949 g/mol. The molecule has 2 amide bonds. The summed E-state index contributed by atoms with van der Waals surface area (Å²) in [4.78, 5) is 53.8. The monoisotopic (exact) mass is 1010 g/mol. The SMILES string of the molecule is COc1cc(N2CCC3(CC2)CCN(C2CCN(c4ccc5c(c4)C(=O)N(C4CCC(O)NC4O)C5=O)CC2)CC3)c(C)cc1Nc1ncc(Br)c(Nc2ccc3nccnc3c2P(C)(C)=O)n1. The lowest BCUT2D eigenvalue weighted by molar-refractivity contribution is -0.0413. The van der Waals surface area contributed by atoms with Crippen LogP contribution in [0.5, 0.6) is 5.75 Å². The van der Waals surface area contributed by atoms with Gasteiger partial charge in [-0.1, -0.05) is 0 Å². The van der Waals surface area contributed by atoms with E-state index in [0.29, 0.717) is 79.4 Å². The van der Waals surface area contributed by atoms with Crippen LogP contribution >= 0.6 is 23.1 Å². The number of likely N-dealkylation sites (tertiary alicyclic amines) is 1.